The minimum atomic E-state index is -0.307. The fourth-order valence-electron chi connectivity index (χ4n) is 5.03. The smallest absolute Gasteiger partial charge is 0.237 e. The number of aryl methyl sites for hydroxylation is 1. The second-order valence-corrected chi connectivity index (χ2v) is 8.06. The van der Waals surface area contributed by atoms with E-state index in [-0.39, 0.29) is 11.4 Å². The van der Waals surface area contributed by atoms with Crippen LogP contribution in [0, 0.1) is 12.7 Å². The number of halogens is 1. The van der Waals surface area contributed by atoms with Crippen LogP contribution in [0.5, 0.6) is 0 Å². The van der Waals surface area contributed by atoms with Crippen LogP contribution in [0.1, 0.15) is 37.8 Å². The molecule has 0 spiro atoms. The van der Waals surface area contributed by atoms with Gasteiger partial charge in [-0.2, -0.15) is 4.98 Å². The molecule has 0 aliphatic carbocycles. The minimum absolute atomic E-state index is 0.208. The number of nitrogens with zero attached hydrogens (tertiary/aromatic N) is 8. The van der Waals surface area contributed by atoms with Gasteiger partial charge in [0.15, 0.2) is 11.6 Å². The van der Waals surface area contributed by atoms with Crippen molar-refractivity contribution in [3.8, 4) is 23.0 Å². The first kappa shape index (κ1) is 18.2. The van der Waals surface area contributed by atoms with Gasteiger partial charge in [-0.15, -0.1) is 10.2 Å². The highest BCUT2D eigenvalue weighted by atomic mass is 19.1. The Hall–Kier alpha value is -3.62. The molecule has 3 aromatic heterocycles. The summed E-state index contributed by atoms with van der Waals surface area (Å²) < 4.78 is 17.7. The average Bonchev–Trinajstić information content (AvgIpc) is 3.52. The van der Waals surface area contributed by atoms with E-state index in [4.69, 9.17) is 4.98 Å². The zero-order chi connectivity index (χ0) is 21.2. The zero-order valence-electron chi connectivity index (χ0n) is 17.3. The van der Waals surface area contributed by atoms with Crippen LogP contribution in [0.15, 0.2) is 42.9 Å². The van der Waals surface area contributed by atoms with Gasteiger partial charge in [0.1, 0.15) is 28.7 Å². The van der Waals surface area contributed by atoms with E-state index in [2.05, 4.69) is 36.6 Å². The number of anilines is 1. The molecule has 0 radical (unpaired) electrons. The molecule has 0 bridgehead atoms. The number of hydrogen-bond acceptors (Lipinski definition) is 6. The lowest BCUT2D eigenvalue weighted by molar-refractivity contribution is 0.381. The van der Waals surface area contributed by atoms with Crippen LogP contribution in [0.3, 0.4) is 0 Å². The summed E-state index contributed by atoms with van der Waals surface area (Å²) in [6.45, 7) is 5.06. The highest BCUT2D eigenvalue weighted by Crippen LogP contribution is 2.49. The van der Waals surface area contributed by atoms with Gasteiger partial charge in [-0.25, -0.2) is 14.4 Å². The number of benzene rings is 1. The first-order valence-electron chi connectivity index (χ1n) is 10.5. The summed E-state index contributed by atoms with van der Waals surface area (Å²) in [6.07, 6.45) is 8.31. The van der Waals surface area contributed by atoms with Gasteiger partial charge >= 0.3 is 0 Å². The van der Waals surface area contributed by atoms with E-state index in [0.717, 1.165) is 49.0 Å². The quantitative estimate of drug-likeness (QED) is 0.508. The number of hydrogen-bond donors (Lipinski definition) is 0. The van der Waals surface area contributed by atoms with Gasteiger partial charge in [-0.05, 0) is 38.3 Å². The van der Waals surface area contributed by atoms with E-state index in [1.165, 1.54) is 12.1 Å². The molecule has 4 aromatic rings. The van der Waals surface area contributed by atoms with Gasteiger partial charge < -0.3 is 4.90 Å². The highest BCUT2D eigenvalue weighted by Gasteiger charge is 2.50. The van der Waals surface area contributed by atoms with E-state index in [1.807, 2.05) is 19.2 Å². The van der Waals surface area contributed by atoms with Crippen molar-refractivity contribution in [1.29, 1.82) is 0 Å². The molecular formula is C22H21FN8. The Morgan fingerprint density at radius 1 is 1.19 bits per heavy atom. The fraction of sp³-hybridized carbons (Fsp3) is 0.318. The molecule has 1 aromatic carbocycles. The van der Waals surface area contributed by atoms with E-state index in [1.54, 1.807) is 23.0 Å². The molecule has 31 heavy (non-hydrogen) atoms. The van der Waals surface area contributed by atoms with Gasteiger partial charge in [-0.3, -0.25) is 9.13 Å². The molecule has 6 rings (SSSR count). The Balaban J connectivity index is 1.54. The molecule has 156 valence electrons. The van der Waals surface area contributed by atoms with Crippen molar-refractivity contribution in [1.82, 2.24) is 34.3 Å². The van der Waals surface area contributed by atoms with Crippen molar-refractivity contribution < 1.29 is 4.39 Å². The van der Waals surface area contributed by atoms with Crippen LogP contribution in [0.4, 0.5) is 10.2 Å². The maximum absolute atomic E-state index is 13.8. The highest BCUT2D eigenvalue weighted by molar-refractivity contribution is 5.66. The standard InChI is InChI=1S/C22H21FN8/c1-3-22-8-5-10-30(22)19-17(31-14(2)27-28-20(22)31)13-25-21(26-19)29-11-9-24-18(29)15-6-4-7-16(23)12-15/h4,6-7,9,11-13H,3,5,8,10H2,1-2H3. The molecule has 2 aliphatic rings. The van der Waals surface area contributed by atoms with Crippen molar-refractivity contribution in [2.24, 2.45) is 0 Å². The number of fused-ring (bicyclic) bond motifs is 6. The van der Waals surface area contributed by atoms with Crippen LogP contribution in [-0.4, -0.2) is 40.8 Å². The lowest BCUT2D eigenvalue weighted by Crippen LogP contribution is -2.47. The Morgan fingerprint density at radius 2 is 2.10 bits per heavy atom. The van der Waals surface area contributed by atoms with Crippen LogP contribution in [0.2, 0.25) is 0 Å². The predicted molar refractivity (Wildman–Crippen MR) is 113 cm³/mol. The molecule has 8 nitrogen and oxygen atoms in total. The predicted octanol–water partition coefficient (Wildman–Crippen LogP) is 3.58. The number of imidazole rings is 1. The normalized spacial score (nSPS) is 19.3. The molecule has 1 atom stereocenters. The Labute approximate surface area is 178 Å². The van der Waals surface area contributed by atoms with Crippen molar-refractivity contribution >= 4 is 5.82 Å². The largest absolute Gasteiger partial charge is 0.342 e. The zero-order valence-corrected chi connectivity index (χ0v) is 17.3. The van der Waals surface area contributed by atoms with Crippen molar-refractivity contribution in [3.05, 3.63) is 60.3 Å². The topological polar surface area (TPSA) is 77.5 Å². The number of rotatable bonds is 3. The molecule has 0 amide bonds. The maximum atomic E-state index is 13.8. The lowest BCUT2D eigenvalue weighted by atomic mass is 9.90. The Morgan fingerprint density at radius 3 is 2.94 bits per heavy atom. The van der Waals surface area contributed by atoms with E-state index < -0.39 is 0 Å². The van der Waals surface area contributed by atoms with E-state index in [9.17, 15) is 4.39 Å². The molecule has 0 N–H and O–H groups in total. The number of aromatic nitrogens is 7. The van der Waals surface area contributed by atoms with Crippen molar-refractivity contribution in [2.75, 3.05) is 11.4 Å². The van der Waals surface area contributed by atoms with Crippen molar-refractivity contribution in [2.45, 2.75) is 38.6 Å². The first-order chi connectivity index (χ1) is 15.1. The molecule has 2 aliphatic heterocycles. The lowest BCUT2D eigenvalue weighted by Gasteiger charge is -2.42. The van der Waals surface area contributed by atoms with Crippen LogP contribution in [0.25, 0.3) is 23.0 Å². The van der Waals surface area contributed by atoms with E-state index >= 15 is 0 Å². The van der Waals surface area contributed by atoms with Gasteiger partial charge in [0.25, 0.3) is 0 Å². The molecule has 1 fully saturated rings. The second kappa shape index (κ2) is 6.44. The third kappa shape index (κ3) is 2.43. The van der Waals surface area contributed by atoms with Crippen molar-refractivity contribution in [3.63, 3.8) is 0 Å². The summed E-state index contributed by atoms with van der Waals surface area (Å²) in [7, 11) is 0. The summed E-state index contributed by atoms with van der Waals surface area (Å²) >= 11 is 0. The van der Waals surface area contributed by atoms with Crippen LogP contribution >= 0.6 is 0 Å². The first-order valence-corrected chi connectivity index (χ1v) is 10.5. The van der Waals surface area contributed by atoms with Gasteiger partial charge in [0.05, 0.1) is 6.20 Å². The molecule has 0 saturated carbocycles. The van der Waals surface area contributed by atoms with Gasteiger partial charge in [-0.1, -0.05) is 19.1 Å². The van der Waals surface area contributed by atoms with Gasteiger partial charge in [0, 0.05) is 24.5 Å². The maximum Gasteiger partial charge on any atom is 0.237 e. The SMILES string of the molecule is CCC12CCCN1c1nc(-n3ccnc3-c3cccc(F)c3)ncc1-n1c(C)nnc12. The van der Waals surface area contributed by atoms with E-state index in [0.29, 0.717) is 17.3 Å². The molecule has 5 heterocycles. The Kier molecular flexibility index (Phi) is 3.77. The second-order valence-electron chi connectivity index (χ2n) is 8.06. The molecule has 1 saturated heterocycles. The Bertz CT molecular complexity index is 1310. The third-order valence-corrected chi connectivity index (χ3v) is 6.49. The molecular weight excluding hydrogens is 395 g/mol. The third-order valence-electron chi connectivity index (χ3n) is 6.49. The minimum Gasteiger partial charge on any atom is -0.342 e. The summed E-state index contributed by atoms with van der Waals surface area (Å²) in [5, 5.41) is 8.91. The molecule has 1 unspecified atom stereocenters. The van der Waals surface area contributed by atoms with Gasteiger partial charge in [0.2, 0.25) is 5.95 Å². The average molecular weight is 416 g/mol. The fourth-order valence-corrected chi connectivity index (χ4v) is 5.03. The van der Waals surface area contributed by atoms with Crippen LogP contribution in [-0.2, 0) is 5.54 Å². The monoisotopic (exact) mass is 416 g/mol. The van der Waals surface area contributed by atoms with Crippen LogP contribution < -0.4 is 4.90 Å². The summed E-state index contributed by atoms with van der Waals surface area (Å²) in [5.74, 6) is 3.46. The molecule has 9 heteroatoms. The summed E-state index contributed by atoms with van der Waals surface area (Å²) in [4.78, 5) is 16.4. The summed E-state index contributed by atoms with van der Waals surface area (Å²) in [5.41, 5.74) is 1.35. The summed E-state index contributed by atoms with van der Waals surface area (Å²) in [6, 6.07) is 6.39.